The predicted octanol–water partition coefficient (Wildman–Crippen LogP) is -0.972. The Balaban J connectivity index is 3.01. The topological polar surface area (TPSA) is 133 Å². The van der Waals surface area contributed by atoms with E-state index in [1.807, 2.05) is 0 Å². The lowest BCUT2D eigenvalue weighted by Gasteiger charge is -2.06. The van der Waals surface area contributed by atoms with Crippen LogP contribution in [0.25, 0.3) is 0 Å². The first-order chi connectivity index (χ1) is 7.40. The van der Waals surface area contributed by atoms with E-state index in [1.165, 1.54) is 6.07 Å². The third-order valence-electron chi connectivity index (χ3n) is 1.91. The number of nitrogens with one attached hydrogen (secondary N) is 1. The second-order valence-electron chi connectivity index (χ2n) is 3.22. The molecule has 1 aromatic rings. The van der Waals surface area contributed by atoms with Crippen LogP contribution in [0.1, 0.15) is 16.1 Å². The van der Waals surface area contributed by atoms with Gasteiger partial charge in [0.2, 0.25) is 5.56 Å². The predicted molar refractivity (Wildman–Crippen MR) is 53.3 cm³/mol. The van der Waals surface area contributed by atoms with Gasteiger partial charge in [-0.1, -0.05) is 0 Å². The van der Waals surface area contributed by atoms with Crippen LogP contribution in [0, 0.1) is 0 Å². The Labute approximate surface area is 89.5 Å². The molecule has 0 saturated heterocycles. The number of hydrogen-bond donors (Lipinski definition) is 4. The van der Waals surface area contributed by atoms with Crippen LogP contribution in [0.3, 0.4) is 0 Å². The Hall–Kier alpha value is -2.15. The quantitative estimate of drug-likeness (QED) is 0.521. The normalized spacial score (nSPS) is 12.1. The third kappa shape index (κ3) is 2.92. The molecule has 0 fully saturated rings. The average Bonchev–Trinajstić information content (AvgIpc) is 2.16. The summed E-state index contributed by atoms with van der Waals surface area (Å²) in [4.78, 5) is 34.3. The van der Waals surface area contributed by atoms with Crippen molar-refractivity contribution in [3.8, 4) is 0 Å². The van der Waals surface area contributed by atoms with E-state index in [0.29, 0.717) is 0 Å². The van der Waals surface area contributed by atoms with Crippen molar-refractivity contribution in [2.45, 2.75) is 12.5 Å². The maximum atomic E-state index is 11.1. The van der Waals surface area contributed by atoms with Crippen molar-refractivity contribution in [3.05, 3.63) is 33.7 Å². The summed E-state index contributed by atoms with van der Waals surface area (Å²) >= 11 is 0. The lowest BCUT2D eigenvalue weighted by atomic mass is 10.1. The van der Waals surface area contributed by atoms with Gasteiger partial charge in [0.15, 0.2) is 0 Å². The molecule has 16 heavy (non-hydrogen) atoms. The molecule has 0 aliphatic rings. The number of rotatable bonds is 4. The lowest BCUT2D eigenvalue weighted by molar-refractivity contribution is -0.138. The van der Waals surface area contributed by atoms with Crippen LogP contribution in [0.2, 0.25) is 0 Å². The minimum atomic E-state index is -1.29. The first kappa shape index (κ1) is 11.9. The zero-order valence-corrected chi connectivity index (χ0v) is 8.14. The summed E-state index contributed by atoms with van der Waals surface area (Å²) in [6, 6.07) is 1.14. The number of hydrogen-bond acceptors (Lipinski definition) is 4. The molecule has 0 saturated carbocycles. The van der Waals surface area contributed by atoms with E-state index >= 15 is 0 Å². The van der Waals surface area contributed by atoms with E-state index in [2.05, 4.69) is 4.98 Å². The molecule has 1 unspecified atom stereocenters. The molecule has 0 spiro atoms. The van der Waals surface area contributed by atoms with Gasteiger partial charge in [0, 0.05) is 6.07 Å². The van der Waals surface area contributed by atoms with Gasteiger partial charge in [-0.15, -0.1) is 0 Å². The molecule has 0 aliphatic carbocycles. The average molecular weight is 226 g/mol. The molecule has 0 aromatic carbocycles. The Morgan fingerprint density at radius 1 is 1.38 bits per heavy atom. The zero-order valence-electron chi connectivity index (χ0n) is 8.14. The Bertz CT molecular complexity index is 479. The number of aromatic nitrogens is 1. The fourth-order valence-electron chi connectivity index (χ4n) is 1.17. The Morgan fingerprint density at radius 2 is 2.00 bits per heavy atom. The fourth-order valence-corrected chi connectivity index (χ4v) is 1.17. The first-order valence-corrected chi connectivity index (χ1v) is 4.35. The van der Waals surface area contributed by atoms with Crippen LogP contribution in [0.5, 0.6) is 0 Å². The molecule has 5 N–H and O–H groups in total. The molecule has 0 bridgehead atoms. The Kier molecular flexibility index (Phi) is 3.41. The second kappa shape index (κ2) is 4.58. The van der Waals surface area contributed by atoms with Crippen LogP contribution < -0.4 is 11.3 Å². The van der Waals surface area contributed by atoms with Crippen LogP contribution in [0.4, 0.5) is 0 Å². The number of H-pyrrole nitrogens is 1. The van der Waals surface area contributed by atoms with E-state index in [9.17, 15) is 14.4 Å². The molecule has 1 heterocycles. The summed E-state index contributed by atoms with van der Waals surface area (Å²) in [5, 5.41) is 17.2. The maximum absolute atomic E-state index is 11.1. The molecule has 0 radical (unpaired) electrons. The highest BCUT2D eigenvalue weighted by Gasteiger charge is 2.14. The third-order valence-corrected chi connectivity index (χ3v) is 1.91. The van der Waals surface area contributed by atoms with Crippen molar-refractivity contribution in [2.75, 3.05) is 0 Å². The molecule has 1 rings (SSSR count). The van der Waals surface area contributed by atoms with Gasteiger partial charge in [-0.2, -0.15) is 0 Å². The Morgan fingerprint density at radius 3 is 2.50 bits per heavy atom. The molecule has 7 nitrogen and oxygen atoms in total. The molecular formula is C9H10N2O5. The van der Waals surface area contributed by atoms with E-state index in [4.69, 9.17) is 15.9 Å². The smallest absolute Gasteiger partial charge is 0.352 e. The van der Waals surface area contributed by atoms with Gasteiger partial charge >= 0.3 is 11.9 Å². The number of aliphatic carboxylic acids is 1. The van der Waals surface area contributed by atoms with Crippen LogP contribution in [-0.2, 0) is 11.2 Å². The van der Waals surface area contributed by atoms with E-state index < -0.39 is 23.5 Å². The van der Waals surface area contributed by atoms with Crippen LogP contribution in [-0.4, -0.2) is 33.2 Å². The molecular weight excluding hydrogens is 216 g/mol. The van der Waals surface area contributed by atoms with Gasteiger partial charge in [-0.05, 0) is 18.1 Å². The molecule has 1 aromatic heterocycles. The van der Waals surface area contributed by atoms with Gasteiger partial charge in [-0.25, -0.2) is 4.79 Å². The largest absolute Gasteiger partial charge is 0.480 e. The van der Waals surface area contributed by atoms with Crippen molar-refractivity contribution < 1.29 is 19.8 Å². The van der Waals surface area contributed by atoms with Gasteiger partial charge in [0.1, 0.15) is 11.7 Å². The number of carbonyl (C=O) groups is 2. The highest BCUT2D eigenvalue weighted by Crippen LogP contribution is 2.02. The highest BCUT2D eigenvalue weighted by molar-refractivity contribution is 5.85. The summed E-state index contributed by atoms with van der Waals surface area (Å²) in [6.45, 7) is 0. The summed E-state index contributed by atoms with van der Waals surface area (Å²) in [6.07, 6.45) is -0.0977. The van der Waals surface area contributed by atoms with Gasteiger partial charge in [0.05, 0.1) is 0 Å². The highest BCUT2D eigenvalue weighted by atomic mass is 16.4. The van der Waals surface area contributed by atoms with Crippen molar-refractivity contribution >= 4 is 11.9 Å². The molecule has 0 aliphatic heterocycles. The zero-order chi connectivity index (χ0) is 12.3. The number of nitrogens with two attached hydrogens (primary N) is 1. The van der Waals surface area contributed by atoms with Crippen molar-refractivity contribution in [1.29, 1.82) is 0 Å². The van der Waals surface area contributed by atoms with Gasteiger partial charge in [0.25, 0.3) is 0 Å². The second-order valence-corrected chi connectivity index (χ2v) is 3.22. The van der Waals surface area contributed by atoms with Gasteiger partial charge in [-0.3, -0.25) is 9.59 Å². The SMILES string of the molecule is NC(Cc1cc(C(=O)O)[nH]c(=O)c1)C(=O)O. The number of carboxylic acids is 2. The number of aromatic carboxylic acids is 1. The van der Waals surface area contributed by atoms with E-state index in [0.717, 1.165) is 6.07 Å². The summed E-state index contributed by atoms with van der Waals surface area (Å²) in [5.41, 5.74) is 4.64. The first-order valence-electron chi connectivity index (χ1n) is 4.35. The fraction of sp³-hybridized carbons (Fsp3) is 0.222. The minimum absolute atomic E-state index is 0.0977. The van der Waals surface area contributed by atoms with E-state index in [1.54, 1.807) is 0 Å². The van der Waals surface area contributed by atoms with Crippen LogP contribution >= 0.6 is 0 Å². The molecule has 86 valence electrons. The summed E-state index contributed by atoms with van der Waals surface area (Å²) < 4.78 is 0. The van der Waals surface area contributed by atoms with Gasteiger partial charge < -0.3 is 20.9 Å². The van der Waals surface area contributed by atoms with Crippen molar-refractivity contribution in [2.24, 2.45) is 5.73 Å². The summed E-state index contributed by atoms with van der Waals surface area (Å²) in [5.74, 6) is -2.50. The number of pyridine rings is 1. The summed E-state index contributed by atoms with van der Waals surface area (Å²) in [7, 11) is 0. The van der Waals surface area contributed by atoms with Crippen molar-refractivity contribution in [3.63, 3.8) is 0 Å². The number of carboxylic acid groups (broad SMARTS) is 2. The number of aromatic amines is 1. The standard InChI is InChI=1S/C9H10N2O5/c10-5(8(13)14)1-4-2-6(9(15)16)11-7(12)3-4/h2-3,5H,1,10H2,(H,11,12)(H,13,14)(H,15,16). The maximum Gasteiger partial charge on any atom is 0.352 e. The monoisotopic (exact) mass is 226 g/mol. The van der Waals surface area contributed by atoms with E-state index in [-0.39, 0.29) is 17.7 Å². The molecule has 1 atom stereocenters. The molecule has 7 heteroatoms. The van der Waals surface area contributed by atoms with Crippen molar-refractivity contribution in [1.82, 2.24) is 4.98 Å². The minimum Gasteiger partial charge on any atom is -0.480 e. The molecule has 0 amide bonds. The lowest BCUT2D eigenvalue weighted by Crippen LogP contribution is -2.32. The van der Waals surface area contributed by atoms with Crippen LogP contribution in [0.15, 0.2) is 16.9 Å².